The number of hydrogen-bond donors (Lipinski definition) is 2. The van der Waals surface area contributed by atoms with E-state index in [1.54, 1.807) is 26.0 Å². The molecule has 31 heavy (non-hydrogen) atoms. The molecule has 0 aromatic heterocycles. The van der Waals surface area contributed by atoms with Crippen LogP contribution >= 0.6 is 0 Å². The quantitative estimate of drug-likeness (QED) is 0.736. The molecule has 162 valence electrons. The molecule has 2 aliphatic heterocycles. The third-order valence-electron chi connectivity index (χ3n) is 6.07. The molecule has 0 radical (unpaired) electrons. The van der Waals surface area contributed by atoms with Crippen LogP contribution in [-0.2, 0) is 4.79 Å². The van der Waals surface area contributed by atoms with Gasteiger partial charge in [0.15, 0.2) is 5.78 Å². The van der Waals surface area contributed by atoms with Crippen molar-refractivity contribution in [1.29, 1.82) is 0 Å². The number of carbonyl (C=O) groups excluding carboxylic acids is 1. The number of benzene rings is 2. The first-order valence-electron chi connectivity index (χ1n) is 10.4. The Morgan fingerprint density at radius 1 is 1.16 bits per heavy atom. The molecule has 2 aromatic rings. The monoisotopic (exact) mass is 422 g/mol. The maximum absolute atomic E-state index is 13.2. The molecule has 0 amide bonds. The minimum absolute atomic E-state index is 0.0960. The summed E-state index contributed by atoms with van der Waals surface area (Å²) in [5.74, 6) is -1.90. The van der Waals surface area contributed by atoms with Crippen LogP contribution in [0.25, 0.3) is 6.08 Å². The second-order valence-corrected chi connectivity index (χ2v) is 8.79. The topological polar surface area (TPSA) is 93.1 Å². The van der Waals surface area contributed by atoms with Crippen molar-refractivity contribution in [2.24, 2.45) is 5.92 Å². The maximum Gasteiger partial charge on any atom is 0.304 e. The molecule has 2 N–H and O–H groups in total. The highest BCUT2D eigenvalue weighted by Crippen LogP contribution is 2.54. The van der Waals surface area contributed by atoms with Crippen molar-refractivity contribution < 1.29 is 29.3 Å². The predicted octanol–water partition coefficient (Wildman–Crippen LogP) is 4.78. The third kappa shape index (κ3) is 3.56. The number of fused-ring (bicyclic) bond motifs is 2. The fourth-order valence-corrected chi connectivity index (χ4v) is 4.22. The lowest BCUT2D eigenvalue weighted by Gasteiger charge is -2.37. The van der Waals surface area contributed by atoms with Gasteiger partial charge in [-0.1, -0.05) is 37.3 Å². The summed E-state index contributed by atoms with van der Waals surface area (Å²) in [7, 11) is 0. The Balaban J connectivity index is 2.08. The van der Waals surface area contributed by atoms with Crippen LogP contribution in [0.1, 0.15) is 67.1 Å². The Morgan fingerprint density at radius 3 is 2.48 bits per heavy atom. The number of carboxylic acid groups (broad SMARTS) is 1. The normalized spacial score (nSPS) is 22.0. The van der Waals surface area contributed by atoms with Gasteiger partial charge in [-0.25, -0.2) is 0 Å². The van der Waals surface area contributed by atoms with Gasteiger partial charge in [-0.3, -0.25) is 9.59 Å². The Kier molecular flexibility index (Phi) is 5.04. The fraction of sp³-hybridized carbons (Fsp3) is 0.360. The number of carbonyl (C=O) groups is 2. The number of ketones is 1. The van der Waals surface area contributed by atoms with Crippen molar-refractivity contribution in [2.75, 3.05) is 0 Å². The Morgan fingerprint density at radius 2 is 1.84 bits per heavy atom. The van der Waals surface area contributed by atoms with Gasteiger partial charge in [-0.15, -0.1) is 0 Å². The summed E-state index contributed by atoms with van der Waals surface area (Å²) in [6, 6.07) is 9.23. The number of rotatable bonds is 4. The molecule has 0 bridgehead atoms. The molecular formula is C25H26O6. The second-order valence-electron chi connectivity index (χ2n) is 8.79. The number of aromatic hydroxyl groups is 1. The van der Waals surface area contributed by atoms with Crippen molar-refractivity contribution in [3.63, 3.8) is 0 Å². The highest BCUT2D eigenvalue weighted by atomic mass is 16.5. The number of aliphatic carboxylic acids is 1. The molecule has 0 spiro atoms. The minimum Gasteiger partial charge on any atom is -0.506 e. The minimum atomic E-state index is -0.987. The second kappa shape index (κ2) is 7.45. The van der Waals surface area contributed by atoms with Crippen LogP contribution in [0.5, 0.6) is 17.2 Å². The predicted molar refractivity (Wildman–Crippen MR) is 116 cm³/mol. The number of hydrogen-bond acceptors (Lipinski definition) is 5. The number of Topliss-reactive ketones (excluding diaryl/α,β-unsaturated/α-hetero) is 1. The lowest BCUT2D eigenvalue weighted by Crippen LogP contribution is -2.36. The summed E-state index contributed by atoms with van der Waals surface area (Å²) >= 11 is 0. The molecule has 0 unspecified atom stereocenters. The maximum atomic E-state index is 13.2. The first-order valence-corrected chi connectivity index (χ1v) is 10.4. The van der Waals surface area contributed by atoms with Crippen LogP contribution in [0.3, 0.4) is 0 Å². The van der Waals surface area contributed by atoms with Gasteiger partial charge in [0.2, 0.25) is 0 Å². The first-order chi connectivity index (χ1) is 14.6. The number of phenolic OH excluding ortho intramolecular Hbond substituents is 1. The van der Waals surface area contributed by atoms with Gasteiger partial charge in [0.25, 0.3) is 0 Å². The van der Waals surface area contributed by atoms with Crippen molar-refractivity contribution in [3.05, 3.63) is 58.7 Å². The lowest BCUT2D eigenvalue weighted by atomic mass is 9.80. The smallest absolute Gasteiger partial charge is 0.304 e. The van der Waals surface area contributed by atoms with E-state index in [0.29, 0.717) is 16.9 Å². The molecule has 2 aromatic carbocycles. The molecule has 0 fully saturated rings. The molecular weight excluding hydrogens is 396 g/mol. The van der Waals surface area contributed by atoms with Crippen molar-refractivity contribution >= 4 is 17.8 Å². The summed E-state index contributed by atoms with van der Waals surface area (Å²) in [6.45, 7) is 7.30. The molecule has 2 heterocycles. The summed E-state index contributed by atoms with van der Waals surface area (Å²) < 4.78 is 12.4. The van der Waals surface area contributed by atoms with Crippen LogP contribution < -0.4 is 9.47 Å². The zero-order chi connectivity index (χ0) is 22.5. The highest BCUT2D eigenvalue weighted by molar-refractivity contribution is 6.06. The van der Waals surface area contributed by atoms with Crippen molar-refractivity contribution in [1.82, 2.24) is 0 Å². The third-order valence-corrected chi connectivity index (χ3v) is 6.07. The summed E-state index contributed by atoms with van der Waals surface area (Å²) in [5.41, 5.74) is 1.04. The first kappa shape index (κ1) is 21.0. The SMILES string of the molecule is C[C@@H]1Oc2c(c(O)c3c(c2[C@@H](CC(=O)O)c2ccccc2)OC(C)(C)C=C3)C(=O)[C@H]1C. The summed E-state index contributed by atoms with van der Waals surface area (Å²) in [5, 5.41) is 20.7. The van der Waals surface area contributed by atoms with E-state index in [2.05, 4.69) is 0 Å². The van der Waals surface area contributed by atoms with E-state index in [1.807, 2.05) is 44.2 Å². The number of carboxylic acids is 1. The van der Waals surface area contributed by atoms with Gasteiger partial charge in [0.1, 0.15) is 34.5 Å². The van der Waals surface area contributed by atoms with Gasteiger partial charge >= 0.3 is 5.97 Å². The Labute approximate surface area is 181 Å². The van der Waals surface area contributed by atoms with E-state index in [9.17, 15) is 19.8 Å². The van der Waals surface area contributed by atoms with Crippen LogP contribution in [0.2, 0.25) is 0 Å². The zero-order valence-corrected chi connectivity index (χ0v) is 18.0. The van der Waals surface area contributed by atoms with Crippen LogP contribution in [0.15, 0.2) is 36.4 Å². The van der Waals surface area contributed by atoms with Gasteiger partial charge in [-0.2, -0.15) is 0 Å². The van der Waals surface area contributed by atoms with Crippen molar-refractivity contribution in [3.8, 4) is 17.2 Å². The van der Waals surface area contributed by atoms with Crippen LogP contribution in [0.4, 0.5) is 0 Å². The summed E-state index contributed by atoms with van der Waals surface area (Å²) in [6.07, 6.45) is 2.89. The zero-order valence-electron chi connectivity index (χ0n) is 18.0. The van der Waals surface area contributed by atoms with E-state index < -0.39 is 29.5 Å². The number of phenols is 1. The van der Waals surface area contributed by atoms with Gasteiger partial charge in [0.05, 0.1) is 17.9 Å². The largest absolute Gasteiger partial charge is 0.506 e. The average molecular weight is 422 g/mol. The molecule has 4 rings (SSSR count). The Bertz CT molecular complexity index is 1080. The lowest BCUT2D eigenvalue weighted by molar-refractivity contribution is -0.137. The Hall–Kier alpha value is -3.28. The molecule has 6 nitrogen and oxygen atoms in total. The average Bonchev–Trinajstić information content (AvgIpc) is 2.70. The highest BCUT2D eigenvalue weighted by Gasteiger charge is 2.42. The van der Waals surface area contributed by atoms with E-state index >= 15 is 0 Å². The van der Waals surface area contributed by atoms with Crippen LogP contribution in [-0.4, -0.2) is 33.7 Å². The number of ether oxygens (including phenoxy) is 2. The summed E-state index contributed by atoms with van der Waals surface area (Å²) in [4.78, 5) is 25.0. The molecule has 0 aliphatic carbocycles. The molecule has 0 saturated carbocycles. The van der Waals surface area contributed by atoms with E-state index in [1.165, 1.54) is 0 Å². The molecule has 2 aliphatic rings. The van der Waals surface area contributed by atoms with E-state index in [-0.39, 0.29) is 29.3 Å². The fourth-order valence-electron chi connectivity index (χ4n) is 4.22. The standard InChI is InChI=1S/C25H26O6/c1-13-14(2)30-24-19(17(12-18(26)27)15-8-6-5-7-9-15)23-16(10-11-25(3,4)31-23)22(29)20(24)21(13)28/h5-11,13-14,17,29H,12H2,1-4H3,(H,26,27)/t13-,14-,17-/m0/s1. The van der Waals surface area contributed by atoms with E-state index in [0.717, 1.165) is 5.56 Å². The molecule has 3 atom stereocenters. The van der Waals surface area contributed by atoms with Gasteiger partial charge in [-0.05, 0) is 38.5 Å². The van der Waals surface area contributed by atoms with E-state index in [4.69, 9.17) is 9.47 Å². The molecule has 6 heteroatoms. The van der Waals surface area contributed by atoms with Gasteiger partial charge < -0.3 is 19.7 Å². The van der Waals surface area contributed by atoms with Crippen LogP contribution in [0, 0.1) is 5.92 Å². The van der Waals surface area contributed by atoms with Crippen molar-refractivity contribution in [2.45, 2.75) is 51.7 Å². The van der Waals surface area contributed by atoms with Gasteiger partial charge in [0, 0.05) is 11.5 Å². The molecule has 0 saturated heterocycles.